The van der Waals surface area contributed by atoms with Crippen LogP contribution in [0.15, 0.2) is 22.5 Å². The molecule has 0 aromatic carbocycles. The second-order valence-electron chi connectivity index (χ2n) is 7.79. The van der Waals surface area contributed by atoms with Crippen molar-refractivity contribution >= 4 is 17.3 Å². The molecule has 26 heavy (non-hydrogen) atoms. The number of hydrogen-bond donors (Lipinski definition) is 1. The van der Waals surface area contributed by atoms with Gasteiger partial charge in [0.15, 0.2) is 5.96 Å². The zero-order chi connectivity index (χ0) is 18.4. The molecule has 2 atom stereocenters. The second kappa shape index (κ2) is 9.72. The van der Waals surface area contributed by atoms with Crippen molar-refractivity contribution in [3.05, 3.63) is 22.4 Å². The lowest BCUT2D eigenvalue weighted by Crippen LogP contribution is -2.46. The van der Waals surface area contributed by atoms with E-state index in [1.165, 1.54) is 30.8 Å². The van der Waals surface area contributed by atoms with Gasteiger partial charge in [0, 0.05) is 44.6 Å². The van der Waals surface area contributed by atoms with Gasteiger partial charge < -0.3 is 15.0 Å². The number of hydrogen-bond acceptors (Lipinski definition) is 4. The van der Waals surface area contributed by atoms with Crippen molar-refractivity contribution < 1.29 is 4.74 Å². The number of likely N-dealkylation sites (tertiary alicyclic amines) is 1. The minimum Gasteiger partial charge on any atom is -0.381 e. The van der Waals surface area contributed by atoms with Crippen molar-refractivity contribution in [3.8, 4) is 0 Å². The molecule has 0 amide bonds. The highest BCUT2D eigenvalue weighted by molar-refractivity contribution is 7.10. The van der Waals surface area contributed by atoms with E-state index in [1.54, 1.807) is 0 Å². The average Bonchev–Trinajstić information content (AvgIpc) is 3.34. The second-order valence-corrected chi connectivity index (χ2v) is 8.77. The van der Waals surface area contributed by atoms with E-state index in [2.05, 4.69) is 51.6 Å². The SMILES string of the molecule is CN=C(NCC(c1cccs1)N1CCC(C)CC1)N(C)CC1CCOC1. The standard InChI is InChI=1S/C20H34N4OS/c1-16-6-9-24(10-7-16)18(19-5-4-12-26-19)13-22-20(21-2)23(3)14-17-8-11-25-15-17/h4-5,12,16-18H,6-11,13-15H2,1-3H3,(H,21,22). The highest BCUT2D eigenvalue weighted by Gasteiger charge is 2.26. The first-order valence-corrected chi connectivity index (χ1v) is 10.8. The predicted octanol–water partition coefficient (Wildman–Crippen LogP) is 3.06. The highest BCUT2D eigenvalue weighted by atomic mass is 32.1. The number of nitrogens with zero attached hydrogens (tertiary/aromatic N) is 3. The van der Waals surface area contributed by atoms with E-state index in [0.717, 1.165) is 44.6 Å². The summed E-state index contributed by atoms with van der Waals surface area (Å²) in [5, 5.41) is 5.83. The quantitative estimate of drug-likeness (QED) is 0.610. The van der Waals surface area contributed by atoms with Crippen LogP contribution in [0.2, 0.25) is 0 Å². The van der Waals surface area contributed by atoms with Crippen molar-refractivity contribution in [2.75, 3.05) is 53.5 Å². The van der Waals surface area contributed by atoms with Gasteiger partial charge >= 0.3 is 0 Å². The van der Waals surface area contributed by atoms with Crippen LogP contribution in [-0.2, 0) is 4.74 Å². The Morgan fingerprint density at radius 1 is 1.42 bits per heavy atom. The molecule has 2 saturated heterocycles. The van der Waals surface area contributed by atoms with Crippen LogP contribution < -0.4 is 5.32 Å². The summed E-state index contributed by atoms with van der Waals surface area (Å²) in [6.45, 7) is 8.46. The summed E-state index contributed by atoms with van der Waals surface area (Å²) in [5.41, 5.74) is 0. The maximum Gasteiger partial charge on any atom is 0.193 e. The third kappa shape index (κ3) is 5.21. The molecular weight excluding hydrogens is 344 g/mol. The first-order chi connectivity index (χ1) is 12.7. The zero-order valence-electron chi connectivity index (χ0n) is 16.5. The van der Waals surface area contributed by atoms with Crippen LogP contribution in [0, 0.1) is 11.8 Å². The van der Waals surface area contributed by atoms with Crippen LogP contribution in [0.25, 0.3) is 0 Å². The molecule has 5 nitrogen and oxygen atoms in total. The van der Waals surface area contributed by atoms with E-state index in [9.17, 15) is 0 Å². The molecule has 0 bridgehead atoms. The number of piperidine rings is 1. The molecule has 0 spiro atoms. The number of rotatable bonds is 6. The number of ether oxygens (including phenoxy) is 1. The molecule has 0 aliphatic carbocycles. The third-order valence-corrected chi connectivity index (χ3v) is 6.69. The van der Waals surface area contributed by atoms with Gasteiger partial charge in [-0.25, -0.2) is 0 Å². The van der Waals surface area contributed by atoms with Crippen LogP contribution in [0.5, 0.6) is 0 Å². The molecule has 0 saturated carbocycles. The average molecular weight is 379 g/mol. The molecular formula is C20H34N4OS. The number of thiophene rings is 1. The van der Waals surface area contributed by atoms with Crippen LogP contribution in [0.1, 0.15) is 37.1 Å². The topological polar surface area (TPSA) is 40.1 Å². The van der Waals surface area contributed by atoms with Gasteiger partial charge in [-0.2, -0.15) is 0 Å². The number of aliphatic imine (C=N–C) groups is 1. The van der Waals surface area contributed by atoms with Crippen molar-refractivity contribution in [1.82, 2.24) is 15.1 Å². The van der Waals surface area contributed by atoms with E-state index < -0.39 is 0 Å². The predicted molar refractivity (Wildman–Crippen MR) is 110 cm³/mol. The molecule has 0 radical (unpaired) electrons. The van der Waals surface area contributed by atoms with Crippen molar-refractivity contribution in [3.63, 3.8) is 0 Å². The Morgan fingerprint density at radius 3 is 2.85 bits per heavy atom. The summed E-state index contributed by atoms with van der Waals surface area (Å²) in [5.74, 6) is 2.47. The summed E-state index contributed by atoms with van der Waals surface area (Å²) in [7, 11) is 4.02. The van der Waals surface area contributed by atoms with Gasteiger partial charge in [0.25, 0.3) is 0 Å². The van der Waals surface area contributed by atoms with Gasteiger partial charge in [-0.1, -0.05) is 13.0 Å². The normalized spacial score (nSPS) is 24.0. The third-order valence-electron chi connectivity index (χ3n) is 5.71. The Hall–Kier alpha value is -1.11. The highest BCUT2D eigenvalue weighted by Crippen LogP contribution is 2.29. The molecule has 2 aliphatic heterocycles. The minimum atomic E-state index is 0.433. The lowest BCUT2D eigenvalue weighted by atomic mass is 9.97. The number of nitrogens with one attached hydrogen (secondary N) is 1. The maximum atomic E-state index is 5.51. The summed E-state index contributed by atoms with van der Waals surface area (Å²) in [4.78, 5) is 10.9. The fraction of sp³-hybridized carbons (Fsp3) is 0.750. The molecule has 3 rings (SSSR count). The minimum absolute atomic E-state index is 0.433. The Balaban J connectivity index is 1.59. The molecule has 1 N–H and O–H groups in total. The van der Waals surface area contributed by atoms with E-state index in [-0.39, 0.29) is 0 Å². The molecule has 2 aliphatic rings. The first kappa shape index (κ1) is 19.6. The Morgan fingerprint density at radius 2 is 2.23 bits per heavy atom. The Kier molecular flexibility index (Phi) is 7.34. The summed E-state index contributed by atoms with van der Waals surface area (Å²) >= 11 is 1.87. The van der Waals surface area contributed by atoms with Crippen LogP contribution in [-0.4, -0.2) is 69.2 Å². The molecule has 1 aromatic rings. The van der Waals surface area contributed by atoms with Crippen molar-refractivity contribution in [2.45, 2.75) is 32.2 Å². The lowest BCUT2D eigenvalue weighted by Gasteiger charge is -2.37. The van der Waals surface area contributed by atoms with E-state index in [0.29, 0.717) is 12.0 Å². The molecule has 2 fully saturated rings. The monoisotopic (exact) mass is 378 g/mol. The fourth-order valence-corrected chi connectivity index (χ4v) is 4.87. The van der Waals surface area contributed by atoms with Gasteiger partial charge in [0.05, 0.1) is 12.6 Å². The smallest absolute Gasteiger partial charge is 0.193 e. The van der Waals surface area contributed by atoms with Gasteiger partial charge in [0.2, 0.25) is 0 Å². The van der Waals surface area contributed by atoms with Crippen molar-refractivity contribution in [1.29, 1.82) is 0 Å². The van der Waals surface area contributed by atoms with Crippen LogP contribution in [0.4, 0.5) is 0 Å². The van der Waals surface area contributed by atoms with E-state index >= 15 is 0 Å². The van der Waals surface area contributed by atoms with Gasteiger partial charge in [-0.3, -0.25) is 9.89 Å². The lowest BCUT2D eigenvalue weighted by molar-refractivity contribution is 0.139. The molecule has 6 heteroatoms. The van der Waals surface area contributed by atoms with Gasteiger partial charge in [0.1, 0.15) is 0 Å². The molecule has 1 aromatic heterocycles. The molecule has 146 valence electrons. The number of guanidine groups is 1. The zero-order valence-corrected chi connectivity index (χ0v) is 17.3. The van der Waals surface area contributed by atoms with E-state index in [4.69, 9.17) is 4.74 Å². The van der Waals surface area contributed by atoms with Gasteiger partial charge in [-0.15, -0.1) is 11.3 Å². The van der Waals surface area contributed by atoms with Crippen molar-refractivity contribution in [2.24, 2.45) is 16.8 Å². The Labute approximate surface area is 162 Å². The fourth-order valence-electron chi connectivity index (χ4n) is 4.00. The summed E-state index contributed by atoms with van der Waals surface area (Å²) in [6, 6.07) is 4.88. The van der Waals surface area contributed by atoms with Crippen LogP contribution >= 0.6 is 11.3 Å². The van der Waals surface area contributed by atoms with Crippen LogP contribution in [0.3, 0.4) is 0 Å². The molecule has 3 heterocycles. The van der Waals surface area contributed by atoms with Gasteiger partial charge in [-0.05, 0) is 49.7 Å². The first-order valence-electron chi connectivity index (χ1n) is 9.94. The Bertz CT molecular complexity index is 548. The summed E-state index contributed by atoms with van der Waals surface area (Å²) in [6.07, 6.45) is 3.77. The van der Waals surface area contributed by atoms with E-state index in [1.807, 2.05) is 18.4 Å². The molecule has 2 unspecified atom stereocenters. The summed E-state index contributed by atoms with van der Waals surface area (Å²) < 4.78 is 5.51. The largest absolute Gasteiger partial charge is 0.381 e. The maximum absolute atomic E-state index is 5.51.